The van der Waals surface area contributed by atoms with Gasteiger partial charge in [0.05, 0.1) is 20.8 Å². The molecule has 6 heteroatoms. The summed E-state index contributed by atoms with van der Waals surface area (Å²) >= 11 is 0. The summed E-state index contributed by atoms with van der Waals surface area (Å²) in [6.45, 7) is 8.52. The molecule has 0 radical (unpaired) electrons. The van der Waals surface area contributed by atoms with Crippen LogP contribution >= 0.6 is 0 Å². The molecule has 1 saturated heterocycles. The lowest BCUT2D eigenvalue weighted by atomic mass is 10.1. The van der Waals surface area contributed by atoms with Gasteiger partial charge < -0.3 is 14.4 Å². The molecule has 0 aromatic heterocycles. The number of hydrogen-bond donors (Lipinski definition) is 0. The van der Waals surface area contributed by atoms with Crippen LogP contribution in [0.3, 0.4) is 0 Å². The topological polar surface area (TPSA) is 45.3 Å². The first kappa shape index (κ1) is 22.1. The molecule has 162 valence electrons. The number of methoxy groups -OCH3 is 2. The number of benzene rings is 2. The summed E-state index contributed by atoms with van der Waals surface area (Å²) in [7, 11) is 3.31. The van der Waals surface area contributed by atoms with E-state index < -0.39 is 0 Å². The average molecular weight is 412 g/mol. The Bertz CT molecular complexity index is 805. The van der Waals surface area contributed by atoms with Gasteiger partial charge in [-0.15, -0.1) is 0 Å². The highest BCUT2D eigenvalue weighted by Gasteiger charge is 2.21. The number of amides is 1. The van der Waals surface area contributed by atoms with Crippen molar-refractivity contribution < 1.29 is 14.3 Å². The molecule has 1 aliphatic rings. The molecule has 30 heavy (non-hydrogen) atoms. The van der Waals surface area contributed by atoms with Crippen LogP contribution in [0.1, 0.15) is 18.1 Å². The van der Waals surface area contributed by atoms with Gasteiger partial charge in [0.25, 0.3) is 0 Å². The minimum Gasteiger partial charge on any atom is -0.493 e. The van der Waals surface area contributed by atoms with Crippen molar-refractivity contribution in [1.29, 1.82) is 0 Å². The molecule has 1 heterocycles. The Hall–Kier alpha value is -2.57. The van der Waals surface area contributed by atoms with Crippen LogP contribution in [-0.4, -0.2) is 74.1 Å². The second-order valence-corrected chi connectivity index (χ2v) is 7.64. The standard InChI is InChI=1S/C24H33N3O3/c1-4-27(18-20-8-6-5-7-9-20)24(28)19-26-14-12-25(13-15-26)17-21-10-11-22(29-2)23(16-21)30-3/h5-11,16H,4,12-15,17-19H2,1-3H3. The molecule has 0 atom stereocenters. The van der Waals surface area contributed by atoms with Gasteiger partial charge in [-0.25, -0.2) is 0 Å². The average Bonchev–Trinajstić information content (AvgIpc) is 2.79. The lowest BCUT2D eigenvalue weighted by Gasteiger charge is -2.35. The Labute approximate surface area is 180 Å². The Morgan fingerprint density at radius 2 is 1.57 bits per heavy atom. The predicted molar refractivity (Wildman–Crippen MR) is 119 cm³/mol. The molecule has 3 rings (SSSR count). The highest BCUT2D eigenvalue weighted by Crippen LogP contribution is 2.28. The van der Waals surface area contributed by atoms with Crippen molar-refractivity contribution in [1.82, 2.24) is 14.7 Å². The van der Waals surface area contributed by atoms with Crippen LogP contribution in [0.2, 0.25) is 0 Å². The number of nitrogens with zero attached hydrogens (tertiary/aromatic N) is 3. The third-order valence-electron chi connectivity index (χ3n) is 5.63. The summed E-state index contributed by atoms with van der Waals surface area (Å²) in [5.41, 5.74) is 2.38. The van der Waals surface area contributed by atoms with Gasteiger partial charge >= 0.3 is 0 Å². The first-order valence-corrected chi connectivity index (χ1v) is 10.6. The molecule has 0 bridgehead atoms. The van der Waals surface area contributed by atoms with E-state index >= 15 is 0 Å². The molecule has 0 unspecified atom stereocenters. The zero-order valence-corrected chi connectivity index (χ0v) is 18.3. The predicted octanol–water partition coefficient (Wildman–Crippen LogP) is 2.87. The molecular formula is C24H33N3O3. The van der Waals surface area contributed by atoms with Gasteiger partial charge in [-0.2, -0.15) is 0 Å². The van der Waals surface area contributed by atoms with E-state index in [-0.39, 0.29) is 5.91 Å². The second kappa shape index (κ2) is 11.0. The van der Waals surface area contributed by atoms with Gasteiger partial charge in [0.2, 0.25) is 5.91 Å². The molecule has 0 N–H and O–H groups in total. The summed E-state index contributed by atoms with van der Waals surface area (Å²) in [4.78, 5) is 19.4. The van der Waals surface area contributed by atoms with E-state index in [0.717, 1.165) is 50.8 Å². The van der Waals surface area contributed by atoms with Gasteiger partial charge in [0.1, 0.15) is 0 Å². The maximum atomic E-state index is 12.8. The van der Waals surface area contributed by atoms with E-state index in [1.54, 1.807) is 14.2 Å². The van der Waals surface area contributed by atoms with E-state index in [9.17, 15) is 4.79 Å². The Morgan fingerprint density at radius 1 is 0.900 bits per heavy atom. The fourth-order valence-electron chi connectivity index (χ4n) is 3.81. The summed E-state index contributed by atoms with van der Waals surface area (Å²) < 4.78 is 10.7. The monoisotopic (exact) mass is 411 g/mol. The maximum Gasteiger partial charge on any atom is 0.237 e. The molecular weight excluding hydrogens is 378 g/mol. The molecule has 2 aromatic carbocycles. The number of piperazine rings is 1. The van der Waals surface area contributed by atoms with Crippen LogP contribution in [0.25, 0.3) is 0 Å². The highest BCUT2D eigenvalue weighted by atomic mass is 16.5. The molecule has 6 nitrogen and oxygen atoms in total. The first-order chi connectivity index (χ1) is 14.6. The lowest BCUT2D eigenvalue weighted by Crippen LogP contribution is -2.49. The van der Waals surface area contributed by atoms with Gasteiger partial charge in [-0.05, 0) is 30.2 Å². The quantitative estimate of drug-likeness (QED) is 0.635. The zero-order valence-electron chi connectivity index (χ0n) is 18.3. The number of ether oxygens (including phenoxy) is 2. The van der Waals surface area contributed by atoms with Gasteiger partial charge in [0, 0.05) is 45.8 Å². The van der Waals surface area contributed by atoms with Crippen LogP contribution in [-0.2, 0) is 17.9 Å². The fraction of sp³-hybridized carbons (Fsp3) is 0.458. The van der Waals surface area contributed by atoms with Crippen molar-refractivity contribution in [3.63, 3.8) is 0 Å². The van der Waals surface area contributed by atoms with Crippen molar-refractivity contribution in [2.75, 3.05) is 53.5 Å². The van der Waals surface area contributed by atoms with Crippen LogP contribution in [0.5, 0.6) is 11.5 Å². The number of likely N-dealkylation sites (N-methyl/N-ethyl adjacent to an activating group) is 1. The van der Waals surface area contributed by atoms with Crippen molar-refractivity contribution in [2.24, 2.45) is 0 Å². The second-order valence-electron chi connectivity index (χ2n) is 7.64. The van der Waals surface area contributed by atoms with Crippen molar-refractivity contribution in [2.45, 2.75) is 20.0 Å². The van der Waals surface area contributed by atoms with Gasteiger partial charge in [-0.1, -0.05) is 36.4 Å². The first-order valence-electron chi connectivity index (χ1n) is 10.6. The van der Waals surface area contributed by atoms with Crippen molar-refractivity contribution in [3.05, 3.63) is 59.7 Å². The third kappa shape index (κ3) is 5.97. The number of carbonyl (C=O) groups is 1. The summed E-state index contributed by atoms with van der Waals surface area (Å²) in [6.07, 6.45) is 0. The lowest BCUT2D eigenvalue weighted by molar-refractivity contribution is -0.133. The van der Waals surface area contributed by atoms with Crippen LogP contribution in [0.15, 0.2) is 48.5 Å². The van der Waals surface area contributed by atoms with E-state index in [1.807, 2.05) is 42.2 Å². The number of rotatable bonds is 9. The molecule has 1 amide bonds. The molecule has 1 fully saturated rings. The minimum absolute atomic E-state index is 0.203. The number of hydrogen-bond acceptors (Lipinski definition) is 5. The Kier molecular flexibility index (Phi) is 8.11. The Balaban J connectivity index is 1.47. The summed E-state index contributed by atoms with van der Waals surface area (Å²) in [6, 6.07) is 16.3. The summed E-state index contributed by atoms with van der Waals surface area (Å²) in [5, 5.41) is 0. The van der Waals surface area contributed by atoms with Crippen LogP contribution < -0.4 is 9.47 Å². The fourth-order valence-corrected chi connectivity index (χ4v) is 3.81. The molecule has 1 aliphatic heterocycles. The SMILES string of the molecule is CCN(Cc1ccccc1)C(=O)CN1CCN(Cc2ccc(OC)c(OC)c2)CC1. The maximum absolute atomic E-state index is 12.8. The normalized spacial score (nSPS) is 15.0. The smallest absolute Gasteiger partial charge is 0.237 e. The van der Waals surface area contributed by atoms with E-state index in [4.69, 9.17) is 9.47 Å². The third-order valence-corrected chi connectivity index (χ3v) is 5.63. The summed E-state index contributed by atoms with van der Waals surface area (Å²) in [5.74, 6) is 1.72. The van der Waals surface area contributed by atoms with Gasteiger partial charge in [-0.3, -0.25) is 14.6 Å². The van der Waals surface area contributed by atoms with E-state index in [1.165, 1.54) is 11.1 Å². The minimum atomic E-state index is 0.203. The molecule has 0 saturated carbocycles. The number of carbonyl (C=O) groups excluding carboxylic acids is 1. The van der Waals surface area contributed by atoms with Crippen molar-refractivity contribution in [3.8, 4) is 11.5 Å². The molecule has 0 aliphatic carbocycles. The highest BCUT2D eigenvalue weighted by molar-refractivity contribution is 5.78. The Morgan fingerprint density at radius 3 is 2.20 bits per heavy atom. The molecule has 2 aromatic rings. The zero-order chi connectivity index (χ0) is 21.3. The van der Waals surface area contributed by atoms with E-state index in [0.29, 0.717) is 13.1 Å². The van der Waals surface area contributed by atoms with Gasteiger partial charge in [0.15, 0.2) is 11.5 Å². The largest absolute Gasteiger partial charge is 0.493 e. The van der Waals surface area contributed by atoms with Crippen LogP contribution in [0, 0.1) is 0 Å². The van der Waals surface area contributed by atoms with Crippen LogP contribution in [0.4, 0.5) is 0 Å². The van der Waals surface area contributed by atoms with E-state index in [2.05, 4.69) is 28.0 Å². The molecule has 0 spiro atoms. The van der Waals surface area contributed by atoms with Crippen molar-refractivity contribution >= 4 is 5.91 Å².